The Kier molecular flexibility index (Phi) is 7.64. The maximum Gasteiger partial charge on any atom is 0.234 e. The van der Waals surface area contributed by atoms with Crippen molar-refractivity contribution in [2.24, 2.45) is 5.73 Å². The number of likely N-dealkylation sites (tertiary alicyclic amines) is 1. The van der Waals surface area contributed by atoms with Gasteiger partial charge in [-0.2, -0.15) is 0 Å². The lowest BCUT2D eigenvalue weighted by molar-refractivity contribution is -0.122. The van der Waals surface area contributed by atoms with Gasteiger partial charge in [0.15, 0.2) is 0 Å². The Balaban J connectivity index is 0.00000220. The number of benzene rings is 1. The number of piperidine rings is 1. The van der Waals surface area contributed by atoms with Gasteiger partial charge in [-0.25, -0.2) is 4.39 Å². The first-order valence-electron chi connectivity index (χ1n) is 7.12. The number of nitrogens with one attached hydrogen (secondary N) is 1. The van der Waals surface area contributed by atoms with Gasteiger partial charge in [-0.1, -0.05) is 12.1 Å². The van der Waals surface area contributed by atoms with Gasteiger partial charge in [-0.15, -0.1) is 12.4 Å². The third kappa shape index (κ3) is 6.42. The van der Waals surface area contributed by atoms with E-state index in [0.717, 1.165) is 37.9 Å². The fraction of sp³-hybridized carbons (Fsp3) is 0.533. The van der Waals surface area contributed by atoms with E-state index in [-0.39, 0.29) is 30.2 Å². The lowest BCUT2D eigenvalue weighted by Crippen LogP contribution is -2.44. The van der Waals surface area contributed by atoms with Crippen LogP contribution in [0.15, 0.2) is 24.3 Å². The normalized spacial score (nSPS) is 16.3. The van der Waals surface area contributed by atoms with Gasteiger partial charge >= 0.3 is 0 Å². The molecule has 0 spiro atoms. The van der Waals surface area contributed by atoms with Crippen molar-refractivity contribution >= 4 is 18.3 Å². The molecule has 21 heavy (non-hydrogen) atoms. The molecule has 1 aliphatic heterocycles. The van der Waals surface area contributed by atoms with Gasteiger partial charge in [0, 0.05) is 25.7 Å². The summed E-state index contributed by atoms with van der Waals surface area (Å²) in [6, 6.07) is 6.65. The number of rotatable bonds is 5. The molecular formula is C15H23ClFN3O. The van der Waals surface area contributed by atoms with Crippen molar-refractivity contribution in [3.63, 3.8) is 0 Å². The summed E-state index contributed by atoms with van der Waals surface area (Å²) in [5.74, 6) is -0.191. The highest BCUT2D eigenvalue weighted by Gasteiger charge is 2.17. The second kappa shape index (κ2) is 8.97. The Hall–Kier alpha value is -1.17. The molecular weight excluding hydrogens is 293 g/mol. The highest BCUT2D eigenvalue weighted by molar-refractivity contribution is 5.85. The largest absolute Gasteiger partial charge is 0.355 e. The van der Waals surface area contributed by atoms with E-state index >= 15 is 0 Å². The van der Waals surface area contributed by atoms with E-state index in [0.29, 0.717) is 13.1 Å². The Labute approximate surface area is 131 Å². The molecule has 118 valence electrons. The molecule has 1 fully saturated rings. The standard InChI is InChI=1S/C15H22FN3O.ClH/c16-13-3-1-12(2-4-13)5-8-18-15(20)11-19-9-6-14(17)7-10-19;/h1-4,14H,5-11,17H2,(H,18,20);1H. The van der Waals surface area contributed by atoms with E-state index in [1.54, 1.807) is 12.1 Å². The van der Waals surface area contributed by atoms with E-state index < -0.39 is 0 Å². The number of carbonyl (C=O) groups is 1. The van der Waals surface area contributed by atoms with Gasteiger partial charge in [0.25, 0.3) is 0 Å². The van der Waals surface area contributed by atoms with Crippen LogP contribution in [0.1, 0.15) is 18.4 Å². The van der Waals surface area contributed by atoms with Crippen LogP contribution in [0.2, 0.25) is 0 Å². The van der Waals surface area contributed by atoms with Crippen LogP contribution in [-0.2, 0) is 11.2 Å². The molecule has 0 aromatic heterocycles. The lowest BCUT2D eigenvalue weighted by Gasteiger charge is -2.29. The van der Waals surface area contributed by atoms with Crippen molar-refractivity contribution in [1.29, 1.82) is 0 Å². The van der Waals surface area contributed by atoms with Crippen LogP contribution in [0.3, 0.4) is 0 Å². The van der Waals surface area contributed by atoms with Crippen LogP contribution in [0.25, 0.3) is 0 Å². The van der Waals surface area contributed by atoms with Crippen LogP contribution in [0.5, 0.6) is 0 Å². The van der Waals surface area contributed by atoms with Gasteiger partial charge < -0.3 is 11.1 Å². The zero-order valence-electron chi connectivity index (χ0n) is 12.1. The molecule has 1 aromatic carbocycles. The SMILES string of the molecule is Cl.NC1CCN(CC(=O)NCCc2ccc(F)cc2)CC1. The summed E-state index contributed by atoms with van der Waals surface area (Å²) in [5.41, 5.74) is 6.85. The summed E-state index contributed by atoms with van der Waals surface area (Å²) in [5, 5.41) is 2.90. The minimum Gasteiger partial charge on any atom is -0.355 e. The minimum absolute atomic E-state index is 0. The summed E-state index contributed by atoms with van der Waals surface area (Å²) in [6.45, 7) is 2.81. The van der Waals surface area contributed by atoms with E-state index in [2.05, 4.69) is 10.2 Å². The summed E-state index contributed by atoms with van der Waals surface area (Å²) in [4.78, 5) is 13.9. The smallest absolute Gasteiger partial charge is 0.234 e. The molecule has 0 saturated carbocycles. The summed E-state index contributed by atoms with van der Waals surface area (Å²) in [7, 11) is 0. The quantitative estimate of drug-likeness (QED) is 0.862. The molecule has 4 nitrogen and oxygen atoms in total. The van der Waals surface area contributed by atoms with E-state index in [9.17, 15) is 9.18 Å². The first-order valence-corrected chi connectivity index (χ1v) is 7.12. The predicted molar refractivity (Wildman–Crippen MR) is 84.0 cm³/mol. The Morgan fingerprint density at radius 2 is 1.90 bits per heavy atom. The fourth-order valence-electron chi connectivity index (χ4n) is 2.37. The summed E-state index contributed by atoms with van der Waals surface area (Å²) >= 11 is 0. The van der Waals surface area contributed by atoms with Crippen LogP contribution in [0.4, 0.5) is 4.39 Å². The molecule has 2 rings (SSSR count). The lowest BCUT2D eigenvalue weighted by atomic mass is 10.1. The Morgan fingerprint density at radius 1 is 1.29 bits per heavy atom. The average Bonchev–Trinajstić information content (AvgIpc) is 2.44. The third-order valence-corrected chi connectivity index (χ3v) is 3.65. The average molecular weight is 316 g/mol. The Morgan fingerprint density at radius 3 is 2.52 bits per heavy atom. The van der Waals surface area contributed by atoms with Gasteiger partial charge in [0.1, 0.15) is 5.82 Å². The monoisotopic (exact) mass is 315 g/mol. The topological polar surface area (TPSA) is 58.4 Å². The number of amides is 1. The molecule has 1 aromatic rings. The van der Waals surface area contributed by atoms with Crippen molar-refractivity contribution in [2.75, 3.05) is 26.2 Å². The number of hydrogen-bond acceptors (Lipinski definition) is 3. The number of carbonyl (C=O) groups excluding carboxylic acids is 1. The molecule has 0 radical (unpaired) electrons. The molecule has 6 heteroatoms. The van der Waals surface area contributed by atoms with Gasteiger partial charge in [0.05, 0.1) is 6.54 Å². The van der Waals surface area contributed by atoms with Crippen molar-refractivity contribution in [1.82, 2.24) is 10.2 Å². The first-order chi connectivity index (χ1) is 9.63. The molecule has 0 atom stereocenters. The molecule has 0 unspecified atom stereocenters. The van der Waals surface area contributed by atoms with Crippen LogP contribution in [-0.4, -0.2) is 43.0 Å². The summed E-state index contributed by atoms with van der Waals surface area (Å²) in [6.07, 6.45) is 2.64. The zero-order chi connectivity index (χ0) is 14.4. The predicted octanol–water partition coefficient (Wildman–Crippen LogP) is 1.33. The second-order valence-electron chi connectivity index (χ2n) is 5.34. The molecule has 0 aliphatic carbocycles. The van der Waals surface area contributed by atoms with Crippen LogP contribution < -0.4 is 11.1 Å². The van der Waals surface area contributed by atoms with Crippen LogP contribution >= 0.6 is 12.4 Å². The molecule has 1 heterocycles. The summed E-state index contributed by atoms with van der Waals surface area (Å²) < 4.78 is 12.7. The number of nitrogens with zero attached hydrogens (tertiary/aromatic N) is 1. The van der Waals surface area contributed by atoms with Crippen molar-refractivity contribution in [2.45, 2.75) is 25.3 Å². The number of halogens is 2. The zero-order valence-corrected chi connectivity index (χ0v) is 12.9. The van der Waals surface area contributed by atoms with E-state index in [1.165, 1.54) is 12.1 Å². The highest BCUT2D eigenvalue weighted by atomic mass is 35.5. The highest BCUT2D eigenvalue weighted by Crippen LogP contribution is 2.07. The number of nitrogens with two attached hydrogens (primary N) is 1. The maximum absolute atomic E-state index is 12.7. The Bertz CT molecular complexity index is 433. The van der Waals surface area contributed by atoms with Crippen molar-refractivity contribution < 1.29 is 9.18 Å². The van der Waals surface area contributed by atoms with Crippen LogP contribution in [0, 0.1) is 5.82 Å². The van der Waals surface area contributed by atoms with Crippen molar-refractivity contribution in [3.8, 4) is 0 Å². The first kappa shape index (κ1) is 17.9. The molecule has 3 N–H and O–H groups in total. The van der Waals surface area contributed by atoms with E-state index in [4.69, 9.17) is 5.73 Å². The maximum atomic E-state index is 12.7. The molecule has 0 bridgehead atoms. The third-order valence-electron chi connectivity index (χ3n) is 3.65. The molecule has 1 aliphatic rings. The van der Waals surface area contributed by atoms with E-state index in [1.807, 2.05) is 0 Å². The molecule has 1 amide bonds. The van der Waals surface area contributed by atoms with Gasteiger partial charge in [0.2, 0.25) is 5.91 Å². The molecule has 1 saturated heterocycles. The fourth-order valence-corrected chi connectivity index (χ4v) is 2.37. The van der Waals surface area contributed by atoms with Gasteiger partial charge in [-0.05, 0) is 37.0 Å². The second-order valence-corrected chi connectivity index (χ2v) is 5.34. The minimum atomic E-state index is -0.235. The number of hydrogen-bond donors (Lipinski definition) is 2. The van der Waals surface area contributed by atoms with Gasteiger partial charge in [-0.3, -0.25) is 9.69 Å². The van der Waals surface area contributed by atoms with Crippen molar-refractivity contribution in [3.05, 3.63) is 35.6 Å².